The maximum atomic E-state index is 5.91. The molecule has 1 aliphatic carbocycles. The smallest absolute Gasteiger partial charge is 0.0684 e. The molecular formula is C13H18O. The largest absolute Gasteiger partial charge is 0.375 e. The predicted octanol–water partition coefficient (Wildman–Crippen LogP) is 3.14. The monoisotopic (exact) mass is 190 g/mol. The van der Waals surface area contributed by atoms with E-state index in [4.69, 9.17) is 4.74 Å². The lowest BCUT2D eigenvalue weighted by atomic mass is 10.0. The van der Waals surface area contributed by atoms with Crippen molar-refractivity contribution in [3.05, 3.63) is 35.4 Å². The molecule has 1 aromatic carbocycles. The Morgan fingerprint density at radius 3 is 2.64 bits per heavy atom. The summed E-state index contributed by atoms with van der Waals surface area (Å²) in [7, 11) is 0. The van der Waals surface area contributed by atoms with Crippen LogP contribution in [0.5, 0.6) is 0 Å². The van der Waals surface area contributed by atoms with Crippen molar-refractivity contribution in [1.82, 2.24) is 0 Å². The summed E-state index contributed by atoms with van der Waals surface area (Å²) < 4.78 is 5.91. The van der Waals surface area contributed by atoms with Gasteiger partial charge in [0.05, 0.1) is 12.2 Å². The molecular weight excluding hydrogens is 172 g/mol. The van der Waals surface area contributed by atoms with E-state index in [9.17, 15) is 0 Å². The van der Waals surface area contributed by atoms with Gasteiger partial charge in [0.1, 0.15) is 0 Å². The Kier molecular flexibility index (Phi) is 2.60. The number of fused-ring (bicyclic) bond motifs is 1. The van der Waals surface area contributed by atoms with Gasteiger partial charge in [-0.3, -0.25) is 0 Å². The fourth-order valence-corrected chi connectivity index (χ4v) is 2.27. The summed E-state index contributed by atoms with van der Waals surface area (Å²) in [4.78, 5) is 0. The minimum Gasteiger partial charge on any atom is -0.375 e. The minimum atomic E-state index is 0.330. The van der Waals surface area contributed by atoms with Crippen LogP contribution in [0.2, 0.25) is 0 Å². The van der Waals surface area contributed by atoms with Crippen LogP contribution in [0.4, 0.5) is 0 Å². The Bertz CT molecular complexity index is 317. The highest BCUT2D eigenvalue weighted by Gasteiger charge is 2.29. The average molecular weight is 190 g/mol. The molecule has 0 aromatic heterocycles. The molecule has 0 radical (unpaired) electrons. The van der Waals surface area contributed by atoms with Crippen LogP contribution in [0.1, 0.15) is 37.8 Å². The highest BCUT2D eigenvalue weighted by Crippen LogP contribution is 2.34. The highest BCUT2D eigenvalue weighted by molar-refractivity contribution is 5.36. The van der Waals surface area contributed by atoms with Crippen LogP contribution in [-0.4, -0.2) is 12.2 Å². The summed E-state index contributed by atoms with van der Waals surface area (Å²) in [5, 5.41) is 0. The van der Waals surface area contributed by atoms with Crippen molar-refractivity contribution in [3.63, 3.8) is 0 Å². The molecule has 1 heteroatoms. The van der Waals surface area contributed by atoms with Gasteiger partial charge in [-0.1, -0.05) is 31.2 Å². The van der Waals surface area contributed by atoms with Crippen molar-refractivity contribution in [3.8, 4) is 0 Å². The van der Waals surface area contributed by atoms with Crippen LogP contribution in [0.15, 0.2) is 24.3 Å². The third-order valence-electron chi connectivity index (χ3n) is 2.97. The molecule has 0 N–H and O–H groups in total. The van der Waals surface area contributed by atoms with E-state index in [0.717, 1.165) is 6.42 Å². The van der Waals surface area contributed by atoms with Gasteiger partial charge < -0.3 is 4.74 Å². The summed E-state index contributed by atoms with van der Waals surface area (Å²) in [5.74, 6) is 0.550. The summed E-state index contributed by atoms with van der Waals surface area (Å²) in [5.41, 5.74) is 2.93. The van der Waals surface area contributed by atoms with Gasteiger partial charge in [-0.05, 0) is 31.4 Å². The predicted molar refractivity (Wildman–Crippen MR) is 58.6 cm³/mol. The molecule has 0 bridgehead atoms. The van der Waals surface area contributed by atoms with Gasteiger partial charge >= 0.3 is 0 Å². The van der Waals surface area contributed by atoms with Crippen LogP contribution >= 0.6 is 0 Å². The summed E-state index contributed by atoms with van der Waals surface area (Å²) in [6.07, 6.45) is 1.79. The van der Waals surface area contributed by atoms with Crippen molar-refractivity contribution >= 4 is 0 Å². The zero-order valence-corrected chi connectivity index (χ0v) is 9.16. The van der Waals surface area contributed by atoms with Gasteiger partial charge in [0.25, 0.3) is 0 Å². The molecule has 0 fully saturated rings. The van der Waals surface area contributed by atoms with Gasteiger partial charge in [0, 0.05) is 5.92 Å². The summed E-state index contributed by atoms with van der Waals surface area (Å²) >= 11 is 0. The second kappa shape index (κ2) is 3.74. The number of hydrogen-bond donors (Lipinski definition) is 0. The third-order valence-corrected chi connectivity index (χ3v) is 2.97. The van der Waals surface area contributed by atoms with Crippen LogP contribution in [0, 0.1) is 0 Å². The van der Waals surface area contributed by atoms with Crippen molar-refractivity contribution < 1.29 is 4.74 Å². The van der Waals surface area contributed by atoms with E-state index in [0.29, 0.717) is 18.1 Å². The molecule has 14 heavy (non-hydrogen) atoms. The number of benzene rings is 1. The van der Waals surface area contributed by atoms with Gasteiger partial charge in [0.2, 0.25) is 0 Å². The fraction of sp³-hybridized carbons (Fsp3) is 0.538. The van der Waals surface area contributed by atoms with Gasteiger partial charge in [-0.25, -0.2) is 0 Å². The standard InChI is InChI=1S/C13H18O/c1-9(2)14-13-8-11-6-4-5-7-12(11)10(13)3/h4-7,9-10,13H,8H2,1-3H3/t10-,13+/m1/s1. The lowest BCUT2D eigenvalue weighted by Gasteiger charge is -2.19. The fourth-order valence-electron chi connectivity index (χ4n) is 2.27. The molecule has 0 aliphatic heterocycles. The quantitative estimate of drug-likeness (QED) is 0.696. The lowest BCUT2D eigenvalue weighted by molar-refractivity contribution is 0.00228. The van der Waals surface area contributed by atoms with E-state index in [1.165, 1.54) is 11.1 Å². The second-order valence-electron chi connectivity index (χ2n) is 4.41. The first kappa shape index (κ1) is 9.72. The Labute approximate surface area is 86.1 Å². The van der Waals surface area contributed by atoms with E-state index in [1.807, 2.05) is 0 Å². The van der Waals surface area contributed by atoms with Gasteiger partial charge in [-0.2, -0.15) is 0 Å². The highest BCUT2D eigenvalue weighted by atomic mass is 16.5. The normalized spacial score (nSPS) is 25.4. The minimum absolute atomic E-state index is 0.330. The van der Waals surface area contributed by atoms with Crippen LogP contribution in [-0.2, 0) is 11.2 Å². The van der Waals surface area contributed by atoms with E-state index in [2.05, 4.69) is 45.0 Å². The van der Waals surface area contributed by atoms with E-state index in [-0.39, 0.29) is 0 Å². The molecule has 0 heterocycles. The molecule has 0 unspecified atom stereocenters. The van der Waals surface area contributed by atoms with Crippen LogP contribution in [0.3, 0.4) is 0 Å². The lowest BCUT2D eigenvalue weighted by Crippen LogP contribution is -2.20. The molecule has 2 atom stereocenters. The van der Waals surface area contributed by atoms with Crippen LogP contribution < -0.4 is 0 Å². The molecule has 0 spiro atoms. The van der Waals surface area contributed by atoms with Crippen LogP contribution in [0.25, 0.3) is 0 Å². The Balaban J connectivity index is 2.17. The van der Waals surface area contributed by atoms with E-state index < -0.39 is 0 Å². The summed E-state index contributed by atoms with van der Waals surface area (Å²) in [6, 6.07) is 8.68. The molecule has 0 saturated carbocycles. The Hall–Kier alpha value is -0.820. The SMILES string of the molecule is CC(C)O[C@H]1Cc2ccccc2[C@H]1C. The second-order valence-corrected chi connectivity index (χ2v) is 4.41. The van der Waals surface area contributed by atoms with Crippen molar-refractivity contribution in [2.75, 3.05) is 0 Å². The molecule has 0 amide bonds. The number of hydrogen-bond acceptors (Lipinski definition) is 1. The molecule has 1 aromatic rings. The van der Waals surface area contributed by atoms with E-state index >= 15 is 0 Å². The Morgan fingerprint density at radius 2 is 2.00 bits per heavy atom. The average Bonchev–Trinajstić information content (AvgIpc) is 2.44. The molecule has 2 rings (SSSR count). The van der Waals surface area contributed by atoms with Crippen molar-refractivity contribution in [2.24, 2.45) is 0 Å². The topological polar surface area (TPSA) is 9.23 Å². The Morgan fingerprint density at radius 1 is 1.29 bits per heavy atom. The van der Waals surface area contributed by atoms with Crippen molar-refractivity contribution in [2.45, 2.75) is 45.3 Å². The zero-order chi connectivity index (χ0) is 10.1. The maximum Gasteiger partial charge on any atom is 0.0684 e. The molecule has 0 saturated heterocycles. The van der Waals surface area contributed by atoms with Crippen molar-refractivity contribution in [1.29, 1.82) is 0 Å². The molecule has 1 aliphatic rings. The maximum absolute atomic E-state index is 5.91. The third kappa shape index (κ3) is 1.69. The number of rotatable bonds is 2. The first-order valence-electron chi connectivity index (χ1n) is 5.41. The zero-order valence-electron chi connectivity index (χ0n) is 9.16. The van der Waals surface area contributed by atoms with Gasteiger partial charge in [-0.15, -0.1) is 0 Å². The van der Waals surface area contributed by atoms with E-state index in [1.54, 1.807) is 0 Å². The van der Waals surface area contributed by atoms with Gasteiger partial charge in [0.15, 0.2) is 0 Å². The number of ether oxygens (including phenoxy) is 1. The molecule has 76 valence electrons. The molecule has 1 nitrogen and oxygen atoms in total. The summed E-state index contributed by atoms with van der Waals surface area (Å²) in [6.45, 7) is 6.48. The first-order chi connectivity index (χ1) is 6.68. The first-order valence-corrected chi connectivity index (χ1v) is 5.41.